The molecule has 1 aromatic carbocycles. The van der Waals surface area contributed by atoms with Gasteiger partial charge in [0.1, 0.15) is 11.9 Å². The standard InChI is InChI=1S/C40H51F4N3O9S/c1-23-9-6-7-11-26-18-39(26,35(51)45-57(53,54)38(5)13-14-38)19-32(48)31-16-27(55-36(52)46-20-25-10-8-12-30(41)29(25)22-46)21-47(31)34(50)28(24(2)15-23)17-33(49)56-37(3,4)40(42,43)44/h7-8,10-12,23-24,26-28,31H,6,9,13-22H2,1-5H3,(H,45,51)/b11-7-/t23-,24-,26-,27-,28+,31+,39-/m1/s1. The lowest BCUT2D eigenvalue weighted by Gasteiger charge is -2.33. The van der Waals surface area contributed by atoms with Crippen molar-refractivity contribution in [3.05, 3.63) is 47.3 Å². The van der Waals surface area contributed by atoms with Gasteiger partial charge in [0.15, 0.2) is 5.78 Å². The Balaban J connectivity index is 1.30. The first-order chi connectivity index (χ1) is 26.5. The summed E-state index contributed by atoms with van der Waals surface area (Å²) in [7, 11) is -4.06. The third-order valence-electron chi connectivity index (χ3n) is 12.7. The van der Waals surface area contributed by atoms with Gasteiger partial charge in [-0.15, -0.1) is 0 Å². The number of allylic oxidation sites excluding steroid dienone is 2. The van der Waals surface area contributed by atoms with Crippen molar-refractivity contribution in [2.45, 2.75) is 134 Å². The molecule has 0 aromatic heterocycles. The molecule has 1 saturated heterocycles. The second kappa shape index (κ2) is 15.3. The molecule has 0 bridgehead atoms. The Morgan fingerprint density at radius 3 is 2.40 bits per heavy atom. The van der Waals surface area contributed by atoms with Crippen LogP contribution in [0.4, 0.5) is 22.4 Å². The zero-order valence-corrected chi connectivity index (χ0v) is 33.6. The van der Waals surface area contributed by atoms with Crippen molar-refractivity contribution in [2.75, 3.05) is 6.54 Å². The number of benzene rings is 1. The molecule has 2 saturated carbocycles. The Bertz CT molecular complexity index is 1950. The summed E-state index contributed by atoms with van der Waals surface area (Å²) in [4.78, 5) is 72.1. The highest BCUT2D eigenvalue weighted by Gasteiger charge is 2.63. The second-order valence-electron chi connectivity index (χ2n) is 17.6. The zero-order valence-electron chi connectivity index (χ0n) is 32.8. The molecule has 12 nitrogen and oxygen atoms in total. The van der Waals surface area contributed by atoms with Gasteiger partial charge in [-0.3, -0.25) is 28.8 Å². The van der Waals surface area contributed by atoms with Crippen molar-refractivity contribution in [3.63, 3.8) is 0 Å². The molecular formula is C40H51F4N3O9S. The van der Waals surface area contributed by atoms with Crippen LogP contribution in [0.1, 0.15) is 104 Å². The number of sulfonamides is 1. The van der Waals surface area contributed by atoms with Crippen molar-refractivity contribution in [3.8, 4) is 0 Å². The Morgan fingerprint density at radius 2 is 1.75 bits per heavy atom. The fraction of sp³-hybridized carbons (Fsp3) is 0.675. The molecule has 1 aromatic rings. The summed E-state index contributed by atoms with van der Waals surface area (Å²) < 4.78 is 93.7. The summed E-state index contributed by atoms with van der Waals surface area (Å²) in [6.07, 6.45) is -1.97. The van der Waals surface area contributed by atoms with Crippen LogP contribution in [-0.2, 0) is 51.8 Å². The molecule has 3 fully saturated rings. The Kier molecular flexibility index (Phi) is 11.4. The molecule has 7 atom stereocenters. The number of esters is 1. The molecule has 0 spiro atoms. The number of rotatable bonds is 7. The summed E-state index contributed by atoms with van der Waals surface area (Å²) in [6, 6.07) is 3.19. The molecule has 6 rings (SSSR count). The van der Waals surface area contributed by atoms with Crippen molar-refractivity contribution in [1.29, 1.82) is 0 Å². The number of carbonyl (C=O) groups excluding carboxylic acids is 5. The summed E-state index contributed by atoms with van der Waals surface area (Å²) in [5.41, 5.74) is -3.36. The number of nitrogens with zero attached hydrogens (tertiary/aromatic N) is 2. The van der Waals surface area contributed by atoms with Gasteiger partial charge in [0.2, 0.25) is 27.4 Å². The Labute approximate surface area is 330 Å². The fourth-order valence-corrected chi connectivity index (χ4v) is 9.71. The van der Waals surface area contributed by atoms with Crippen LogP contribution in [0, 0.1) is 34.9 Å². The summed E-state index contributed by atoms with van der Waals surface area (Å²) >= 11 is 0. The van der Waals surface area contributed by atoms with Gasteiger partial charge in [0.25, 0.3) is 0 Å². The van der Waals surface area contributed by atoms with E-state index in [9.17, 15) is 50.0 Å². The van der Waals surface area contributed by atoms with Crippen LogP contribution in [0.2, 0.25) is 0 Å². The van der Waals surface area contributed by atoms with E-state index in [0.717, 1.165) is 0 Å². The highest BCUT2D eigenvalue weighted by molar-refractivity contribution is 7.91. The minimum Gasteiger partial charge on any atom is -0.450 e. The van der Waals surface area contributed by atoms with Gasteiger partial charge in [-0.1, -0.05) is 38.1 Å². The van der Waals surface area contributed by atoms with Crippen LogP contribution < -0.4 is 4.72 Å². The fourth-order valence-electron chi connectivity index (χ4n) is 8.38. The first-order valence-corrected chi connectivity index (χ1v) is 21.0. The SMILES string of the molecule is C[C@@H]1CC/C=C\[C@@H]2C[C@@]2(C(=O)NS(=O)(=O)C2(C)CC2)CC(=O)[C@@H]2C[C@@H](OC(=O)N3Cc4cccc(F)c4C3)CN2C(=O)[C@@H](CC(=O)OC(C)(C)C(F)(F)F)[C@H](C)C1. The molecular weight excluding hydrogens is 775 g/mol. The topological polar surface area (TPSA) is 156 Å². The van der Waals surface area contributed by atoms with E-state index in [1.807, 2.05) is 19.1 Å². The number of fused-ring (bicyclic) bond motifs is 3. The van der Waals surface area contributed by atoms with Gasteiger partial charge in [-0.2, -0.15) is 13.2 Å². The van der Waals surface area contributed by atoms with Gasteiger partial charge in [0, 0.05) is 24.9 Å². The van der Waals surface area contributed by atoms with Gasteiger partial charge in [-0.05, 0) is 88.7 Å². The third-order valence-corrected chi connectivity index (χ3v) is 14.8. The van der Waals surface area contributed by atoms with Gasteiger partial charge >= 0.3 is 18.2 Å². The van der Waals surface area contributed by atoms with Crippen LogP contribution in [-0.4, -0.2) is 83.1 Å². The van der Waals surface area contributed by atoms with E-state index in [0.29, 0.717) is 57.1 Å². The van der Waals surface area contributed by atoms with Crippen molar-refractivity contribution < 1.29 is 59.4 Å². The molecule has 0 radical (unpaired) electrons. The van der Waals surface area contributed by atoms with E-state index in [1.54, 1.807) is 13.0 Å². The molecule has 3 heterocycles. The number of amides is 3. The average Bonchev–Trinajstić information content (AvgIpc) is 3.90. The molecule has 3 amide bonds. The van der Waals surface area contributed by atoms with E-state index >= 15 is 0 Å². The number of carbonyl (C=O) groups is 5. The normalized spacial score (nSPS) is 30.9. The van der Waals surface area contributed by atoms with Crippen molar-refractivity contribution in [2.24, 2.45) is 29.1 Å². The number of alkyl halides is 3. The van der Waals surface area contributed by atoms with Gasteiger partial charge < -0.3 is 14.4 Å². The maximum Gasteiger partial charge on any atom is 0.427 e. The summed E-state index contributed by atoms with van der Waals surface area (Å²) in [6.45, 7) is 6.27. The molecule has 3 aliphatic heterocycles. The lowest BCUT2D eigenvalue weighted by molar-refractivity contribution is -0.257. The number of ketones is 1. The van der Waals surface area contributed by atoms with Gasteiger partial charge in [-0.25, -0.2) is 17.6 Å². The minimum absolute atomic E-state index is 0.0245. The highest BCUT2D eigenvalue weighted by Crippen LogP contribution is 2.58. The van der Waals surface area contributed by atoms with Gasteiger partial charge in [0.05, 0.1) is 41.6 Å². The lowest BCUT2D eigenvalue weighted by Crippen LogP contribution is -2.48. The van der Waals surface area contributed by atoms with Crippen molar-refractivity contribution >= 4 is 39.7 Å². The van der Waals surface area contributed by atoms with Crippen LogP contribution in [0.25, 0.3) is 0 Å². The predicted octanol–water partition coefficient (Wildman–Crippen LogP) is 6.11. The molecule has 57 heavy (non-hydrogen) atoms. The van der Waals surface area contributed by atoms with E-state index in [-0.39, 0.29) is 38.4 Å². The lowest BCUT2D eigenvalue weighted by atomic mass is 9.82. The molecule has 0 unspecified atom stereocenters. The van der Waals surface area contributed by atoms with Crippen LogP contribution in [0.5, 0.6) is 0 Å². The van der Waals surface area contributed by atoms with E-state index in [2.05, 4.69) is 4.72 Å². The largest absolute Gasteiger partial charge is 0.450 e. The summed E-state index contributed by atoms with van der Waals surface area (Å²) in [5.74, 6) is -6.20. The predicted molar refractivity (Wildman–Crippen MR) is 197 cm³/mol. The monoisotopic (exact) mass is 825 g/mol. The second-order valence-corrected chi connectivity index (χ2v) is 19.8. The number of hydrogen-bond donors (Lipinski definition) is 1. The summed E-state index contributed by atoms with van der Waals surface area (Å²) in [5, 5.41) is 0. The van der Waals surface area contributed by atoms with Crippen LogP contribution >= 0.6 is 0 Å². The zero-order chi connectivity index (χ0) is 41.9. The molecule has 314 valence electrons. The molecule has 5 aliphatic rings. The van der Waals surface area contributed by atoms with E-state index in [1.165, 1.54) is 28.9 Å². The smallest absolute Gasteiger partial charge is 0.427 e. The maximum absolute atomic E-state index is 14.7. The Morgan fingerprint density at radius 1 is 1.05 bits per heavy atom. The highest BCUT2D eigenvalue weighted by atomic mass is 32.2. The van der Waals surface area contributed by atoms with Crippen molar-refractivity contribution in [1.82, 2.24) is 14.5 Å². The number of Topliss-reactive ketones (excluding diaryl/α,β-unsaturated/α-hetero) is 1. The quantitative estimate of drug-likeness (QED) is 0.195. The molecule has 1 N–H and O–H groups in total. The van der Waals surface area contributed by atoms with E-state index in [4.69, 9.17) is 9.47 Å². The number of halogens is 4. The molecule has 17 heteroatoms. The molecule has 2 aliphatic carbocycles. The van der Waals surface area contributed by atoms with Crippen LogP contribution in [0.15, 0.2) is 30.4 Å². The minimum atomic E-state index is -4.90. The van der Waals surface area contributed by atoms with E-state index < -0.39 is 110 Å². The number of ether oxygens (including phenoxy) is 2. The number of nitrogens with one attached hydrogen (secondary N) is 1. The first-order valence-electron chi connectivity index (χ1n) is 19.5. The first kappa shape index (κ1) is 42.6. The average molecular weight is 826 g/mol. The Hall–Kier alpha value is -4.02. The third kappa shape index (κ3) is 8.73. The number of hydrogen-bond acceptors (Lipinski definition) is 9. The van der Waals surface area contributed by atoms with Crippen LogP contribution in [0.3, 0.4) is 0 Å². The maximum atomic E-state index is 14.7.